The standard InChI is InChI=1S/C28H34FN7O5/c1-16(2)34-14-19-24(26(34)39)35(15-22(37)31-21-7-6-18(29)13-30-21)23-12-20(32-36(23)25(19)38)17-8-10-33(11-9-17)27(40)41-28(3,4)5/h6-7,12-13,16-17H,8-11,14-15H2,1-5H3,(H,30,31,37). The lowest BCUT2D eigenvalue weighted by Gasteiger charge is -2.32. The van der Waals surface area contributed by atoms with E-state index in [0.29, 0.717) is 37.3 Å². The zero-order chi connectivity index (χ0) is 29.6. The van der Waals surface area contributed by atoms with Gasteiger partial charge in [0.05, 0.1) is 24.0 Å². The molecular formula is C28H34FN7O5. The second-order valence-electron chi connectivity index (χ2n) is 11.7. The van der Waals surface area contributed by atoms with E-state index in [1.165, 1.54) is 21.2 Å². The number of rotatable bonds is 5. The molecule has 218 valence electrons. The minimum absolute atomic E-state index is 0.0311. The topological polar surface area (TPSA) is 131 Å². The van der Waals surface area contributed by atoms with Gasteiger partial charge in [-0.3, -0.25) is 14.4 Å². The van der Waals surface area contributed by atoms with Crippen LogP contribution >= 0.6 is 0 Å². The molecule has 2 aliphatic heterocycles. The smallest absolute Gasteiger partial charge is 0.410 e. The van der Waals surface area contributed by atoms with E-state index in [1.54, 1.807) is 15.9 Å². The van der Waals surface area contributed by atoms with Crippen LogP contribution in [0.25, 0.3) is 5.65 Å². The second-order valence-corrected chi connectivity index (χ2v) is 11.7. The van der Waals surface area contributed by atoms with Crippen LogP contribution in [0.1, 0.15) is 75.1 Å². The zero-order valence-corrected chi connectivity index (χ0v) is 23.8. The van der Waals surface area contributed by atoms with E-state index in [2.05, 4.69) is 15.4 Å². The van der Waals surface area contributed by atoms with Crippen molar-refractivity contribution in [2.45, 2.75) is 78.1 Å². The van der Waals surface area contributed by atoms with E-state index in [4.69, 9.17) is 4.74 Å². The molecule has 1 N–H and O–H groups in total. The van der Waals surface area contributed by atoms with Gasteiger partial charge in [-0.05, 0) is 59.6 Å². The molecule has 3 aromatic heterocycles. The van der Waals surface area contributed by atoms with Gasteiger partial charge in [0.25, 0.3) is 11.5 Å². The largest absolute Gasteiger partial charge is 0.444 e. The third-order valence-electron chi connectivity index (χ3n) is 7.27. The van der Waals surface area contributed by atoms with E-state index in [-0.39, 0.29) is 54.1 Å². The highest BCUT2D eigenvalue weighted by Crippen LogP contribution is 2.30. The van der Waals surface area contributed by atoms with Crippen molar-refractivity contribution in [1.29, 1.82) is 0 Å². The fourth-order valence-corrected chi connectivity index (χ4v) is 5.24. The van der Waals surface area contributed by atoms with Crippen LogP contribution in [0, 0.1) is 5.82 Å². The van der Waals surface area contributed by atoms with Gasteiger partial charge in [0.1, 0.15) is 35.1 Å². The number of ether oxygens (including phenoxy) is 1. The molecule has 41 heavy (non-hydrogen) atoms. The van der Waals surface area contributed by atoms with Gasteiger partial charge < -0.3 is 24.4 Å². The van der Waals surface area contributed by atoms with E-state index in [1.807, 2.05) is 34.6 Å². The Labute approximate surface area is 236 Å². The predicted molar refractivity (Wildman–Crippen MR) is 147 cm³/mol. The lowest BCUT2D eigenvalue weighted by Crippen LogP contribution is -2.41. The monoisotopic (exact) mass is 567 g/mol. The first-order chi connectivity index (χ1) is 19.3. The van der Waals surface area contributed by atoms with Gasteiger partial charge in [-0.25, -0.2) is 14.2 Å². The molecule has 0 aliphatic carbocycles. The molecule has 5 rings (SSSR count). The number of hydrogen-bond donors (Lipinski definition) is 1. The summed E-state index contributed by atoms with van der Waals surface area (Å²) in [4.78, 5) is 59.7. The van der Waals surface area contributed by atoms with Crippen molar-refractivity contribution < 1.29 is 23.5 Å². The lowest BCUT2D eigenvalue weighted by atomic mass is 9.94. The Hall–Kier alpha value is -4.29. The highest BCUT2D eigenvalue weighted by Gasteiger charge is 2.37. The number of anilines is 1. The minimum Gasteiger partial charge on any atom is -0.444 e. The molecule has 12 nitrogen and oxygen atoms in total. The number of halogens is 1. The average Bonchev–Trinajstić information content (AvgIpc) is 3.50. The fourth-order valence-electron chi connectivity index (χ4n) is 5.24. The highest BCUT2D eigenvalue weighted by atomic mass is 19.1. The van der Waals surface area contributed by atoms with Crippen molar-refractivity contribution in [1.82, 2.24) is 29.0 Å². The van der Waals surface area contributed by atoms with E-state index in [0.717, 1.165) is 6.20 Å². The molecular weight excluding hydrogens is 533 g/mol. The molecule has 1 saturated heterocycles. The summed E-state index contributed by atoms with van der Waals surface area (Å²) in [5, 5.41) is 7.25. The lowest BCUT2D eigenvalue weighted by molar-refractivity contribution is -0.116. The second kappa shape index (κ2) is 10.6. The number of carbonyl (C=O) groups excluding carboxylic acids is 3. The van der Waals surface area contributed by atoms with Crippen LogP contribution < -0.4 is 10.9 Å². The summed E-state index contributed by atoms with van der Waals surface area (Å²) < 4.78 is 21.5. The maximum Gasteiger partial charge on any atom is 0.410 e. The zero-order valence-electron chi connectivity index (χ0n) is 23.8. The van der Waals surface area contributed by atoms with Crippen molar-refractivity contribution in [3.63, 3.8) is 0 Å². The normalized spacial score (nSPS) is 16.0. The number of amides is 3. The molecule has 3 aromatic rings. The van der Waals surface area contributed by atoms with Gasteiger partial charge in [0.15, 0.2) is 0 Å². The number of aromatic nitrogens is 4. The Morgan fingerprint density at radius 1 is 1.17 bits per heavy atom. The Balaban J connectivity index is 1.46. The Morgan fingerprint density at radius 3 is 2.49 bits per heavy atom. The van der Waals surface area contributed by atoms with Gasteiger partial charge >= 0.3 is 6.09 Å². The van der Waals surface area contributed by atoms with E-state index in [9.17, 15) is 23.6 Å². The SMILES string of the molecule is CC(C)N1Cc2c(n(CC(=O)Nc3ccc(F)cn3)c3cc(C4CCN(C(=O)OC(C)(C)C)CC4)nn3c2=O)C1=O. The molecule has 0 saturated carbocycles. The van der Waals surface area contributed by atoms with Crippen LogP contribution in [0.4, 0.5) is 15.0 Å². The molecule has 0 bridgehead atoms. The molecule has 2 aliphatic rings. The average molecular weight is 568 g/mol. The predicted octanol–water partition coefficient (Wildman–Crippen LogP) is 3.15. The van der Waals surface area contributed by atoms with Gasteiger partial charge in [-0.15, -0.1) is 0 Å². The summed E-state index contributed by atoms with van der Waals surface area (Å²) in [7, 11) is 0. The molecule has 13 heteroatoms. The number of fused-ring (bicyclic) bond motifs is 2. The van der Waals surface area contributed by atoms with Crippen molar-refractivity contribution in [2.75, 3.05) is 18.4 Å². The van der Waals surface area contributed by atoms with Gasteiger partial charge in [0.2, 0.25) is 5.91 Å². The highest BCUT2D eigenvalue weighted by molar-refractivity contribution is 5.98. The summed E-state index contributed by atoms with van der Waals surface area (Å²) in [6.07, 6.45) is 1.87. The van der Waals surface area contributed by atoms with Crippen molar-refractivity contribution in [3.05, 3.63) is 57.5 Å². The maximum atomic E-state index is 13.6. The van der Waals surface area contributed by atoms with Gasteiger partial charge in [0, 0.05) is 31.1 Å². The number of nitrogens with one attached hydrogen (secondary N) is 1. The van der Waals surface area contributed by atoms with Crippen LogP contribution in [0.15, 0.2) is 29.2 Å². The van der Waals surface area contributed by atoms with Crippen LogP contribution in [-0.2, 0) is 22.6 Å². The molecule has 0 radical (unpaired) electrons. The van der Waals surface area contributed by atoms with Crippen LogP contribution in [0.2, 0.25) is 0 Å². The van der Waals surface area contributed by atoms with E-state index >= 15 is 0 Å². The molecule has 1 fully saturated rings. The number of pyridine rings is 1. The summed E-state index contributed by atoms with van der Waals surface area (Å²) >= 11 is 0. The first-order valence-corrected chi connectivity index (χ1v) is 13.7. The molecule has 0 atom stereocenters. The first-order valence-electron chi connectivity index (χ1n) is 13.7. The molecule has 0 aromatic carbocycles. The van der Waals surface area contributed by atoms with Crippen LogP contribution in [0.5, 0.6) is 0 Å². The fraction of sp³-hybridized carbons (Fsp3) is 0.500. The van der Waals surface area contributed by atoms with E-state index < -0.39 is 22.9 Å². The third kappa shape index (κ3) is 5.66. The minimum atomic E-state index is -0.588. The van der Waals surface area contributed by atoms with Gasteiger partial charge in [-0.2, -0.15) is 9.61 Å². The Bertz CT molecular complexity index is 1560. The summed E-state index contributed by atoms with van der Waals surface area (Å²) in [6, 6.07) is 4.10. The van der Waals surface area contributed by atoms with Crippen LogP contribution in [0.3, 0.4) is 0 Å². The number of carbonyl (C=O) groups is 3. The number of nitrogens with zero attached hydrogens (tertiary/aromatic N) is 6. The van der Waals surface area contributed by atoms with Crippen molar-refractivity contribution >= 4 is 29.4 Å². The molecule has 5 heterocycles. The summed E-state index contributed by atoms with van der Waals surface area (Å²) in [5.41, 5.74) is 0.413. The molecule has 0 spiro atoms. The Morgan fingerprint density at radius 2 is 1.88 bits per heavy atom. The van der Waals surface area contributed by atoms with Crippen LogP contribution in [-0.4, -0.2) is 71.6 Å². The number of hydrogen-bond acceptors (Lipinski definition) is 7. The summed E-state index contributed by atoms with van der Waals surface area (Å²) in [6.45, 7) is 9.97. The Kier molecular flexibility index (Phi) is 7.30. The quantitative estimate of drug-likeness (QED) is 0.501. The first kappa shape index (κ1) is 28.2. The maximum absolute atomic E-state index is 13.6. The van der Waals surface area contributed by atoms with Crippen molar-refractivity contribution in [2.24, 2.45) is 0 Å². The summed E-state index contributed by atoms with van der Waals surface area (Å²) in [5.74, 6) is -1.25. The number of piperidine rings is 1. The number of likely N-dealkylation sites (tertiary alicyclic amines) is 1. The molecule has 0 unspecified atom stereocenters. The third-order valence-corrected chi connectivity index (χ3v) is 7.27. The molecule has 3 amide bonds. The van der Waals surface area contributed by atoms with Gasteiger partial charge in [-0.1, -0.05) is 0 Å². The van der Waals surface area contributed by atoms with Crippen molar-refractivity contribution in [3.8, 4) is 0 Å².